The highest BCUT2D eigenvalue weighted by atomic mass is 32.1. The lowest BCUT2D eigenvalue weighted by atomic mass is 10.2. The van der Waals surface area contributed by atoms with Gasteiger partial charge in [0.2, 0.25) is 5.91 Å². The zero-order valence-electron chi connectivity index (χ0n) is 9.89. The van der Waals surface area contributed by atoms with E-state index in [1.165, 1.54) is 11.3 Å². The third-order valence-electron chi connectivity index (χ3n) is 2.47. The summed E-state index contributed by atoms with van der Waals surface area (Å²) in [6.45, 7) is 2.71. The van der Waals surface area contributed by atoms with Crippen molar-refractivity contribution in [3.63, 3.8) is 0 Å². The third-order valence-corrected chi connectivity index (χ3v) is 3.38. The largest absolute Gasteiger partial charge is 0.395 e. The number of rotatable bonds is 7. The number of ketones is 1. The minimum absolute atomic E-state index is 0.00778. The number of hydrogen-bond donors (Lipinski definition) is 1. The molecule has 0 atom stereocenters. The number of carbonyl (C=O) groups excluding carboxylic acids is 2. The first-order valence-electron chi connectivity index (χ1n) is 5.64. The molecule has 1 aromatic rings. The molecule has 4 nitrogen and oxygen atoms in total. The molecule has 5 heteroatoms. The normalized spacial score (nSPS) is 10.2. The lowest BCUT2D eigenvalue weighted by Crippen LogP contribution is -2.33. The van der Waals surface area contributed by atoms with Crippen LogP contribution in [0, 0.1) is 0 Å². The number of aliphatic hydroxyl groups is 1. The molecule has 0 aliphatic rings. The number of amides is 1. The van der Waals surface area contributed by atoms with Gasteiger partial charge in [0.15, 0.2) is 5.78 Å². The molecule has 0 saturated heterocycles. The molecule has 0 aliphatic heterocycles. The van der Waals surface area contributed by atoms with Crippen molar-refractivity contribution in [1.82, 2.24) is 4.90 Å². The van der Waals surface area contributed by atoms with Crippen molar-refractivity contribution in [2.24, 2.45) is 0 Å². The van der Waals surface area contributed by atoms with Gasteiger partial charge in [-0.15, -0.1) is 11.3 Å². The fourth-order valence-electron chi connectivity index (χ4n) is 1.52. The van der Waals surface area contributed by atoms with E-state index in [1.54, 1.807) is 11.0 Å². The van der Waals surface area contributed by atoms with Crippen molar-refractivity contribution in [3.05, 3.63) is 22.4 Å². The summed E-state index contributed by atoms with van der Waals surface area (Å²) in [6, 6.07) is 3.59. The molecule has 0 aliphatic carbocycles. The topological polar surface area (TPSA) is 57.6 Å². The molecule has 0 aromatic carbocycles. The van der Waals surface area contributed by atoms with Crippen molar-refractivity contribution in [1.29, 1.82) is 0 Å². The van der Waals surface area contributed by atoms with Crippen molar-refractivity contribution < 1.29 is 14.7 Å². The second kappa shape index (κ2) is 7.19. The van der Waals surface area contributed by atoms with Gasteiger partial charge in [-0.1, -0.05) is 6.07 Å². The molecule has 1 N–H and O–H groups in total. The molecule has 0 fully saturated rings. The van der Waals surface area contributed by atoms with Gasteiger partial charge in [-0.05, 0) is 18.4 Å². The fourth-order valence-corrected chi connectivity index (χ4v) is 2.21. The van der Waals surface area contributed by atoms with Crippen LogP contribution in [0.15, 0.2) is 17.5 Å². The Hall–Kier alpha value is -1.20. The van der Waals surface area contributed by atoms with Crippen LogP contribution in [0.3, 0.4) is 0 Å². The lowest BCUT2D eigenvalue weighted by molar-refractivity contribution is -0.131. The maximum atomic E-state index is 11.7. The molecule has 1 heterocycles. The Morgan fingerprint density at radius 1 is 1.41 bits per heavy atom. The van der Waals surface area contributed by atoms with Gasteiger partial charge < -0.3 is 10.0 Å². The predicted molar refractivity (Wildman–Crippen MR) is 67.2 cm³/mol. The summed E-state index contributed by atoms with van der Waals surface area (Å²) >= 11 is 1.39. The number of Topliss-reactive ketones (excluding diaryl/α,β-unsaturated/α-hetero) is 1. The van der Waals surface area contributed by atoms with Crippen LogP contribution < -0.4 is 0 Å². The first-order valence-corrected chi connectivity index (χ1v) is 6.52. The molecular formula is C12H17NO3S. The van der Waals surface area contributed by atoms with Crippen LogP contribution in [0.2, 0.25) is 0 Å². The highest BCUT2D eigenvalue weighted by Crippen LogP contribution is 2.12. The average Bonchev–Trinajstić information content (AvgIpc) is 2.86. The standard InChI is InChI=1S/C12H17NO3S/c1-2-13(7-8-14)12(16)6-5-10(15)11-4-3-9-17-11/h3-4,9,14H,2,5-8H2,1H3. The Kier molecular flexibility index (Phi) is 5.86. The van der Waals surface area contributed by atoms with Gasteiger partial charge in [-0.2, -0.15) is 0 Å². The van der Waals surface area contributed by atoms with Crippen molar-refractivity contribution in [2.75, 3.05) is 19.7 Å². The van der Waals surface area contributed by atoms with Crippen LogP contribution in [0.5, 0.6) is 0 Å². The zero-order valence-corrected chi connectivity index (χ0v) is 10.7. The molecule has 0 bridgehead atoms. The van der Waals surface area contributed by atoms with E-state index in [0.717, 1.165) is 0 Å². The summed E-state index contributed by atoms with van der Waals surface area (Å²) in [7, 11) is 0. The van der Waals surface area contributed by atoms with Crippen LogP contribution in [0.1, 0.15) is 29.4 Å². The molecule has 0 saturated carbocycles. The van der Waals surface area contributed by atoms with Crippen LogP contribution in [-0.4, -0.2) is 41.4 Å². The highest BCUT2D eigenvalue weighted by molar-refractivity contribution is 7.12. The Balaban J connectivity index is 2.39. The number of hydrogen-bond acceptors (Lipinski definition) is 4. The Morgan fingerprint density at radius 3 is 2.71 bits per heavy atom. The molecular weight excluding hydrogens is 238 g/mol. The number of carbonyl (C=O) groups is 2. The minimum Gasteiger partial charge on any atom is -0.395 e. The van der Waals surface area contributed by atoms with E-state index in [4.69, 9.17) is 5.11 Å². The van der Waals surface area contributed by atoms with Crippen LogP contribution in [0.25, 0.3) is 0 Å². The summed E-state index contributed by atoms with van der Waals surface area (Å²) in [5.41, 5.74) is 0. The van der Waals surface area contributed by atoms with Gasteiger partial charge in [0.05, 0.1) is 11.5 Å². The van der Waals surface area contributed by atoms with Gasteiger partial charge in [-0.25, -0.2) is 0 Å². The number of aliphatic hydroxyl groups excluding tert-OH is 1. The van der Waals surface area contributed by atoms with E-state index in [-0.39, 0.29) is 31.1 Å². The molecule has 0 radical (unpaired) electrons. The number of thiophene rings is 1. The quantitative estimate of drug-likeness (QED) is 0.752. The monoisotopic (exact) mass is 255 g/mol. The SMILES string of the molecule is CCN(CCO)C(=O)CCC(=O)c1cccs1. The summed E-state index contributed by atoms with van der Waals surface area (Å²) < 4.78 is 0. The first-order chi connectivity index (χ1) is 8.19. The number of nitrogens with zero attached hydrogens (tertiary/aromatic N) is 1. The highest BCUT2D eigenvalue weighted by Gasteiger charge is 2.14. The third kappa shape index (κ3) is 4.28. The maximum Gasteiger partial charge on any atom is 0.223 e. The molecule has 0 unspecified atom stereocenters. The van der Waals surface area contributed by atoms with Gasteiger partial charge in [0.1, 0.15) is 0 Å². The second-order valence-electron chi connectivity index (χ2n) is 3.60. The van der Waals surface area contributed by atoms with E-state index < -0.39 is 0 Å². The molecule has 0 spiro atoms. The van der Waals surface area contributed by atoms with Gasteiger partial charge >= 0.3 is 0 Å². The fraction of sp³-hybridized carbons (Fsp3) is 0.500. The van der Waals surface area contributed by atoms with E-state index >= 15 is 0 Å². The molecule has 94 valence electrons. The van der Waals surface area contributed by atoms with E-state index in [0.29, 0.717) is 18.0 Å². The predicted octanol–water partition coefficient (Wildman–Crippen LogP) is 1.55. The first kappa shape index (κ1) is 13.9. The molecule has 1 amide bonds. The Morgan fingerprint density at radius 2 is 2.18 bits per heavy atom. The van der Waals surface area contributed by atoms with E-state index in [1.807, 2.05) is 18.4 Å². The molecule has 17 heavy (non-hydrogen) atoms. The van der Waals surface area contributed by atoms with Crippen molar-refractivity contribution >= 4 is 23.0 Å². The van der Waals surface area contributed by atoms with Gasteiger partial charge in [0, 0.05) is 25.9 Å². The summed E-state index contributed by atoms with van der Waals surface area (Å²) in [5.74, 6) is -0.0696. The van der Waals surface area contributed by atoms with Crippen molar-refractivity contribution in [2.45, 2.75) is 19.8 Å². The molecule has 1 rings (SSSR count). The molecule has 1 aromatic heterocycles. The number of likely N-dealkylation sites (N-methyl/N-ethyl adjacent to an activating group) is 1. The maximum absolute atomic E-state index is 11.7. The van der Waals surface area contributed by atoms with Crippen molar-refractivity contribution in [3.8, 4) is 0 Å². The summed E-state index contributed by atoms with van der Waals surface area (Å²) in [4.78, 5) is 25.6. The Bertz CT molecular complexity index is 362. The van der Waals surface area contributed by atoms with Crippen LogP contribution in [0.4, 0.5) is 0 Å². The minimum atomic E-state index is -0.0774. The van der Waals surface area contributed by atoms with E-state index in [9.17, 15) is 9.59 Å². The van der Waals surface area contributed by atoms with Gasteiger partial charge in [-0.3, -0.25) is 9.59 Å². The average molecular weight is 255 g/mol. The second-order valence-corrected chi connectivity index (χ2v) is 4.55. The Labute approximate surface area is 105 Å². The van der Waals surface area contributed by atoms with Crippen LogP contribution in [-0.2, 0) is 4.79 Å². The van der Waals surface area contributed by atoms with E-state index in [2.05, 4.69) is 0 Å². The smallest absolute Gasteiger partial charge is 0.223 e. The van der Waals surface area contributed by atoms with Crippen LogP contribution >= 0.6 is 11.3 Å². The zero-order chi connectivity index (χ0) is 12.7. The lowest BCUT2D eigenvalue weighted by Gasteiger charge is -2.19. The summed E-state index contributed by atoms with van der Waals surface area (Å²) in [6.07, 6.45) is 0.450. The van der Waals surface area contributed by atoms with Gasteiger partial charge in [0.25, 0.3) is 0 Å². The summed E-state index contributed by atoms with van der Waals surface area (Å²) in [5, 5.41) is 10.6.